The fraction of sp³-hybridized carbons (Fsp3) is 0.107. The summed E-state index contributed by atoms with van der Waals surface area (Å²) in [6.07, 6.45) is 0. The van der Waals surface area contributed by atoms with Crippen LogP contribution in [0.4, 0.5) is 0 Å². The van der Waals surface area contributed by atoms with Crippen molar-refractivity contribution in [2.45, 2.75) is 6.61 Å². The molecule has 0 fully saturated rings. The predicted molar refractivity (Wildman–Crippen MR) is 128 cm³/mol. The number of hydrogen-bond acceptors (Lipinski definition) is 5. The number of phenols is 1. The average molecular weight is 437 g/mol. The van der Waals surface area contributed by atoms with E-state index >= 15 is 0 Å². The van der Waals surface area contributed by atoms with Gasteiger partial charge in [-0.1, -0.05) is 48.5 Å². The van der Waals surface area contributed by atoms with E-state index < -0.39 is 0 Å². The fourth-order valence-electron chi connectivity index (χ4n) is 3.62. The van der Waals surface area contributed by atoms with Gasteiger partial charge >= 0.3 is 0 Å². The van der Waals surface area contributed by atoms with Crippen molar-refractivity contribution in [1.29, 1.82) is 5.26 Å². The van der Waals surface area contributed by atoms with Crippen molar-refractivity contribution in [3.63, 3.8) is 0 Å². The van der Waals surface area contributed by atoms with Gasteiger partial charge in [-0.2, -0.15) is 5.26 Å². The van der Waals surface area contributed by atoms with Crippen LogP contribution < -0.4 is 14.2 Å². The number of hydrogen-bond donors (Lipinski definition) is 1. The Hall–Kier alpha value is -4.43. The van der Waals surface area contributed by atoms with Crippen LogP contribution in [0.25, 0.3) is 22.3 Å². The van der Waals surface area contributed by atoms with Crippen molar-refractivity contribution in [1.82, 2.24) is 0 Å². The second-order valence-electron chi connectivity index (χ2n) is 7.40. The number of ether oxygens (including phenoxy) is 3. The summed E-state index contributed by atoms with van der Waals surface area (Å²) in [5.41, 5.74) is 4.90. The molecule has 0 aliphatic carbocycles. The fourth-order valence-corrected chi connectivity index (χ4v) is 3.62. The molecule has 0 atom stereocenters. The van der Waals surface area contributed by atoms with E-state index in [0.717, 1.165) is 27.8 Å². The van der Waals surface area contributed by atoms with Crippen LogP contribution in [-0.2, 0) is 6.61 Å². The number of benzene rings is 4. The lowest BCUT2D eigenvalue weighted by atomic mass is 9.97. The SMILES string of the molecule is COc1cc(-c2ccc(OCc3ccccc3)c(O)c2)c(OC)cc1-c1ccc(C#N)cc1. The molecular formula is C28H23NO4. The smallest absolute Gasteiger partial charge is 0.161 e. The van der Waals surface area contributed by atoms with Crippen LogP contribution in [0.5, 0.6) is 23.0 Å². The standard InChI is InChI=1S/C28H23NO4/c1-31-27-16-24(28(32-2)15-23(27)21-10-8-19(17-29)9-11-21)22-12-13-26(25(30)14-22)33-18-20-6-4-3-5-7-20/h3-16,30H,18H2,1-2H3. The second-order valence-corrected chi connectivity index (χ2v) is 7.40. The van der Waals surface area contributed by atoms with Crippen LogP contribution in [0, 0.1) is 11.3 Å². The van der Waals surface area contributed by atoms with Gasteiger partial charge in [-0.15, -0.1) is 0 Å². The van der Waals surface area contributed by atoms with Crippen molar-refractivity contribution in [3.05, 3.63) is 96.1 Å². The lowest BCUT2D eigenvalue weighted by molar-refractivity contribution is 0.289. The summed E-state index contributed by atoms with van der Waals surface area (Å²) in [5.74, 6) is 1.73. The lowest BCUT2D eigenvalue weighted by Gasteiger charge is -2.16. The van der Waals surface area contributed by atoms with E-state index in [-0.39, 0.29) is 5.75 Å². The third-order valence-electron chi connectivity index (χ3n) is 5.35. The van der Waals surface area contributed by atoms with Gasteiger partial charge in [-0.3, -0.25) is 0 Å². The Morgan fingerprint density at radius 3 is 1.91 bits per heavy atom. The van der Waals surface area contributed by atoms with Gasteiger partial charge in [0.05, 0.1) is 25.9 Å². The minimum Gasteiger partial charge on any atom is -0.504 e. The van der Waals surface area contributed by atoms with Crippen molar-refractivity contribution < 1.29 is 19.3 Å². The minimum atomic E-state index is 0.0422. The molecule has 4 aromatic carbocycles. The second kappa shape index (κ2) is 9.80. The van der Waals surface area contributed by atoms with Gasteiger partial charge in [0.25, 0.3) is 0 Å². The van der Waals surface area contributed by atoms with Gasteiger partial charge in [0.2, 0.25) is 0 Å². The summed E-state index contributed by atoms with van der Waals surface area (Å²) in [6.45, 7) is 0.365. The molecule has 5 heteroatoms. The first-order valence-corrected chi connectivity index (χ1v) is 10.4. The number of phenolic OH excluding ortho intramolecular Hbond substituents is 1. The Bertz CT molecular complexity index is 1290. The molecular weight excluding hydrogens is 414 g/mol. The highest BCUT2D eigenvalue weighted by Gasteiger charge is 2.16. The zero-order valence-corrected chi connectivity index (χ0v) is 18.4. The molecule has 164 valence electrons. The molecule has 5 nitrogen and oxygen atoms in total. The molecule has 0 radical (unpaired) electrons. The molecule has 1 N–H and O–H groups in total. The molecule has 0 spiro atoms. The summed E-state index contributed by atoms with van der Waals surface area (Å²) in [4.78, 5) is 0. The maximum Gasteiger partial charge on any atom is 0.161 e. The molecule has 4 rings (SSSR count). The van der Waals surface area contributed by atoms with E-state index in [0.29, 0.717) is 29.4 Å². The van der Waals surface area contributed by atoms with E-state index in [2.05, 4.69) is 6.07 Å². The molecule has 0 heterocycles. The summed E-state index contributed by atoms with van der Waals surface area (Å²) in [5, 5.41) is 19.6. The highest BCUT2D eigenvalue weighted by molar-refractivity contribution is 5.82. The molecule has 4 aromatic rings. The van der Waals surface area contributed by atoms with Crippen LogP contribution in [-0.4, -0.2) is 19.3 Å². The number of methoxy groups -OCH3 is 2. The van der Waals surface area contributed by atoms with E-state index in [9.17, 15) is 5.11 Å². The number of aromatic hydroxyl groups is 1. The molecule has 0 aliphatic heterocycles. The minimum absolute atomic E-state index is 0.0422. The zero-order chi connectivity index (χ0) is 23.2. The summed E-state index contributed by atoms with van der Waals surface area (Å²) >= 11 is 0. The van der Waals surface area contributed by atoms with E-state index in [1.54, 1.807) is 38.5 Å². The highest BCUT2D eigenvalue weighted by Crippen LogP contribution is 2.42. The first-order valence-electron chi connectivity index (χ1n) is 10.4. The van der Waals surface area contributed by atoms with Gasteiger partial charge in [-0.25, -0.2) is 0 Å². The normalized spacial score (nSPS) is 10.3. The quantitative estimate of drug-likeness (QED) is 0.373. The third kappa shape index (κ3) is 4.76. The van der Waals surface area contributed by atoms with Gasteiger partial charge in [0, 0.05) is 11.1 Å². The van der Waals surface area contributed by atoms with Crippen LogP contribution in [0.2, 0.25) is 0 Å². The van der Waals surface area contributed by atoms with Gasteiger partial charge in [0.1, 0.15) is 18.1 Å². The van der Waals surface area contributed by atoms with Crippen molar-refractivity contribution in [3.8, 4) is 51.3 Å². The van der Waals surface area contributed by atoms with E-state index in [1.165, 1.54) is 0 Å². The van der Waals surface area contributed by atoms with Crippen molar-refractivity contribution >= 4 is 0 Å². The number of rotatable bonds is 7. The van der Waals surface area contributed by atoms with Gasteiger partial charge in [0.15, 0.2) is 11.5 Å². The lowest BCUT2D eigenvalue weighted by Crippen LogP contribution is -1.96. The Balaban J connectivity index is 1.66. The Morgan fingerprint density at radius 2 is 1.33 bits per heavy atom. The molecule has 0 amide bonds. The highest BCUT2D eigenvalue weighted by atomic mass is 16.5. The molecule has 0 aliphatic rings. The average Bonchev–Trinajstić information content (AvgIpc) is 2.87. The molecule has 0 unspecified atom stereocenters. The van der Waals surface area contributed by atoms with Crippen LogP contribution >= 0.6 is 0 Å². The third-order valence-corrected chi connectivity index (χ3v) is 5.35. The van der Waals surface area contributed by atoms with E-state index in [1.807, 2.05) is 60.7 Å². The molecule has 33 heavy (non-hydrogen) atoms. The largest absolute Gasteiger partial charge is 0.504 e. The first kappa shape index (κ1) is 21.8. The summed E-state index contributed by atoms with van der Waals surface area (Å²) < 4.78 is 17.1. The van der Waals surface area contributed by atoms with Crippen LogP contribution in [0.1, 0.15) is 11.1 Å². The number of nitrogens with zero attached hydrogens (tertiary/aromatic N) is 1. The van der Waals surface area contributed by atoms with Gasteiger partial charge < -0.3 is 19.3 Å². The summed E-state index contributed by atoms with van der Waals surface area (Å²) in [7, 11) is 3.21. The number of nitriles is 1. The van der Waals surface area contributed by atoms with E-state index in [4.69, 9.17) is 19.5 Å². The monoisotopic (exact) mass is 437 g/mol. The first-order chi connectivity index (χ1) is 16.1. The molecule has 0 bridgehead atoms. The zero-order valence-electron chi connectivity index (χ0n) is 18.4. The molecule has 0 saturated heterocycles. The molecule has 0 saturated carbocycles. The van der Waals surface area contributed by atoms with Crippen LogP contribution in [0.15, 0.2) is 84.9 Å². The van der Waals surface area contributed by atoms with Crippen molar-refractivity contribution in [2.75, 3.05) is 14.2 Å². The van der Waals surface area contributed by atoms with Gasteiger partial charge in [-0.05, 0) is 53.1 Å². The Morgan fingerprint density at radius 1 is 0.727 bits per heavy atom. The maximum absolute atomic E-state index is 10.6. The summed E-state index contributed by atoms with van der Waals surface area (Å²) in [6, 6.07) is 28.2. The topological polar surface area (TPSA) is 71.7 Å². The predicted octanol–water partition coefficient (Wildman–Crippen LogP) is 6.19. The Labute approximate surface area is 193 Å². The van der Waals surface area contributed by atoms with Crippen molar-refractivity contribution in [2.24, 2.45) is 0 Å². The maximum atomic E-state index is 10.6. The van der Waals surface area contributed by atoms with Crippen LogP contribution in [0.3, 0.4) is 0 Å². The molecule has 0 aromatic heterocycles. The Kier molecular flexibility index (Phi) is 6.47.